The van der Waals surface area contributed by atoms with Crippen molar-refractivity contribution in [3.63, 3.8) is 0 Å². The Bertz CT molecular complexity index is 579. The van der Waals surface area contributed by atoms with Crippen LogP contribution in [0.3, 0.4) is 0 Å². The number of aryl methyl sites for hydroxylation is 1. The Balaban J connectivity index is 1.67. The van der Waals surface area contributed by atoms with Crippen molar-refractivity contribution < 1.29 is 9.72 Å². The van der Waals surface area contributed by atoms with Crippen LogP contribution < -0.4 is 5.32 Å². The summed E-state index contributed by atoms with van der Waals surface area (Å²) >= 11 is 1.60. The lowest BCUT2D eigenvalue weighted by molar-refractivity contribution is -0.385. The van der Waals surface area contributed by atoms with E-state index in [1.165, 1.54) is 17.1 Å². The topological polar surface area (TPSA) is 90.1 Å². The van der Waals surface area contributed by atoms with Gasteiger partial charge in [0.15, 0.2) is 0 Å². The van der Waals surface area contributed by atoms with E-state index in [1.54, 1.807) is 11.3 Å². The first-order valence-electron chi connectivity index (χ1n) is 6.11. The zero-order chi connectivity index (χ0) is 14.4. The van der Waals surface area contributed by atoms with Gasteiger partial charge in [-0.25, -0.2) is 0 Å². The Morgan fingerprint density at radius 1 is 1.55 bits per heavy atom. The summed E-state index contributed by atoms with van der Waals surface area (Å²) < 4.78 is 1.48. The minimum atomic E-state index is -0.489. The van der Waals surface area contributed by atoms with E-state index >= 15 is 0 Å². The van der Waals surface area contributed by atoms with Crippen LogP contribution in [0.5, 0.6) is 0 Å². The molecule has 0 radical (unpaired) electrons. The number of thiophene rings is 1. The van der Waals surface area contributed by atoms with Gasteiger partial charge in [-0.05, 0) is 17.9 Å². The highest BCUT2D eigenvalue weighted by atomic mass is 32.1. The minimum absolute atomic E-state index is 0.0277. The van der Waals surface area contributed by atoms with E-state index in [4.69, 9.17) is 0 Å². The largest absolute Gasteiger partial charge is 0.351 e. The molecular weight excluding hydrogens is 280 g/mol. The number of hydrogen-bond donors (Lipinski definition) is 1. The molecule has 2 aromatic heterocycles. The molecule has 8 heteroatoms. The van der Waals surface area contributed by atoms with Crippen molar-refractivity contribution in [1.82, 2.24) is 15.1 Å². The van der Waals surface area contributed by atoms with Gasteiger partial charge in [0, 0.05) is 17.8 Å². The van der Waals surface area contributed by atoms with Gasteiger partial charge in [0.1, 0.15) is 12.4 Å². The quantitative estimate of drug-likeness (QED) is 0.624. The molecule has 1 amide bonds. The van der Waals surface area contributed by atoms with Crippen LogP contribution in [-0.2, 0) is 17.9 Å². The van der Waals surface area contributed by atoms with Crippen molar-refractivity contribution in [3.8, 4) is 0 Å². The third-order valence-corrected chi connectivity index (χ3v) is 3.54. The van der Waals surface area contributed by atoms with Crippen LogP contribution >= 0.6 is 11.3 Å². The van der Waals surface area contributed by atoms with Crippen molar-refractivity contribution in [1.29, 1.82) is 0 Å². The van der Waals surface area contributed by atoms with Gasteiger partial charge in [0.2, 0.25) is 5.91 Å². The number of aromatic nitrogens is 2. The number of amides is 1. The molecular formula is C12H14N4O3S. The molecule has 7 nitrogen and oxygen atoms in total. The Kier molecular flexibility index (Phi) is 4.83. The summed E-state index contributed by atoms with van der Waals surface area (Å²) in [6.07, 6.45) is 3.54. The first-order chi connectivity index (χ1) is 9.65. The smallest absolute Gasteiger partial charge is 0.306 e. The van der Waals surface area contributed by atoms with Gasteiger partial charge in [0.05, 0.1) is 11.5 Å². The SMILES string of the molecule is O=C(CCCn1cc([N+](=O)[O-])cn1)NCc1cccs1. The van der Waals surface area contributed by atoms with Gasteiger partial charge >= 0.3 is 5.69 Å². The molecule has 106 valence electrons. The van der Waals surface area contributed by atoms with E-state index < -0.39 is 4.92 Å². The molecule has 0 saturated heterocycles. The third-order valence-electron chi connectivity index (χ3n) is 2.66. The fraction of sp³-hybridized carbons (Fsp3) is 0.333. The molecule has 2 heterocycles. The highest BCUT2D eigenvalue weighted by molar-refractivity contribution is 7.09. The lowest BCUT2D eigenvalue weighted by Crippen LogP contribution is -2.22. The average Bonchev–Trinajstić information content (AvgIpc) is 3.07. The number of nitrogens with zero attached hydrogens (tertiary/aromatic N) is 3. The average molecular weight is 294 g/mol. The van der Waals surface area contributed by atoms with Crippen LogP contribution in [0.25, 0.3) is 0 Å². The molecule has 0 atom stereocenters. The van der Waals surface area contributed by atoms with Gasteiger partial charge in [-0.15, -0.1) is 11.3 Å². The van der Waals surface area contributed by atoms with Crippen molar-refractivity contribution in [2.24, 2.45) is 0 Å². The third kappa shape index (κ3) is 4.16. The zero-order valence-electron chi connectivity index (χ0n) is 10.7. The molecule has 0 aliphatic carbocycles. The second-order valence-electron chi connectivity index (χ2n) is 4.18. The predicted molar refractivity (Wildman–Crippen MR) is 74.3 cm³/mol. The van der Waals surface area contributed by atoms with Crippen LogP contribution in [0.1, 0.15) is 17.7 Å². The van der Waals surface area contributed by atoms with E-state index in [9.17, 15) is 14.9 Å². The second kappa shape index (κ2) is 6.80. The summed E-state index contributed by atoms with van der Waals surface area (Å²) in [5.41, 5.74) is -0.0350. The maximum Gasteiger partial charge on any atom is 0.306 e. The first kappa shape index (κ1) is 14.2. The molecule has 0 aliphatic heterocycles. The first-order valence-corrected chi connectivity index (χ1v) is 6.99. The predicted octanol–water partition coefficient (Wildman–Crippen LogP) is 1.95. The Hall–Kier alpha value is -2.22. The lowest BCUT2D eigenvalue weighted by Gasteiger charge is -2.03. The van der Waals surface area contributed by atoms with E-state index in [-0.39, 0.29) is 11.6 Å². The number of nitrogens with one attached hydrogen (secondary N) is 1. The van der Waals surface area contributed by atoms with Gasteiger partial charge in [-0.3, -0.25) is 19.6 Å². The molecule has 0 saturated carbocycles. The Morgan fingerprint density at radius 3 is 3.05 bits per heavy atom. The number of carbonyl (C=O) groups excluding carboxylic acids is 1. The molecule has 0 fully saturated rings. The number of nitro groups is 1. The molecule has 1 N–H and O–H groups in total. The monoisotopic (exact) mass is 294 g/mol. The standard InChI is InChI=1S/C12H14N4O3S/c17-12(13-8-11-3-2-6-20-11)4-1-5-15-9-10(7-14-15)16(18)19/h2-3,6-7,9H,1,4-5,8H2,(H,13,17). The van der Waals surface area contributed by atoms with Crippen LogP contribution in [0.2, 0.25) is 0 Å². The van der Waals surface area contributed by atoms with E-state index in [0.717, 1.165) is 4.88 Å². The van der Waals surface area contributed by atoms with Crippen LogP contribution in [0, 0.1) is 10.1 Å². The van der Waals surface area contributed by atoms with Crippen LogP contribution in [0.15, 0.2) is 29.9 Å². The highest BCUT2D eigenvalue weighted by Gasteiger charge is 2.09. The van der Waals surface area contributed by atoms with Gasteiger partial charge in [-0.1, -0.05) is 6.07 Å². The highest BCUT2D eigenvalue weighted by Crippen LogP contribution is 2.09. The second-order valence-corrected chi connectivity index (χ2v) is 5.21. The van der Waals surface area contributed by atoms with Gasteiger partial charge in [0.25, 0.3) is 0 Å². The summed E-state index contributed by atoms with van der Waals surface area (Å²) in [7, 11) is 0. The Morgan fingerprint density at radius 2 is 2.40 bits per heavy atom. The number of carbonyl (C=O) groups is 1. The molecule has 0 aliphatic rings. The zero-order valence-corrected chi connectivity index (χ0v) is 11.5. The summed E-state index contributed by atoms with van der Waals surface area (Å²) in [4.78, 5) is 22.7. The van der Waals surface area contributed by atoms with E-state index in [1.807, 2.05) is 17.5 Å². The van der Waals surface area contributed by atoms with Crippen molar-refractivity contribution >= 4 is 22.9 Å². The maximum atomic E-state index is 11.6. The van der Waals surface area contributed by atoms with E-state index in [0.29, 0.717) is 25.9 Å². The molecule has 0 aromatic carbocycles. The summed E-state index contributed by atoms with van der Waals surface area (Å²) in [5, 5.41) is 19.1. The normalized spacial score (nSPS) is 10.4. The van der Waals surface area contributed by atoms with Crippen molar-refractivity contribution in [3.05, 3.63) is 44.9 Å². The minimum Gasteiger partial charge on any atom is -0.351 e. The molecule has 2 aromatic rings. The van der Waals surface area contributed by atoms with Gasteiger partial charge in [-0.2, -0.15) is 5.10 Å². The van der Waals surface area contributed by atoms with Gasteiger partial charge < -0.3 is 5.32 Å². The van der Waals surface area contributed by atoms with Crippen LogP contribution in [-0.4, -0.2) is 20.6 Å². The Labute approximate surface area is 119 Å². The van der Waals surface area contributed by atoms with Crippen molar-refractivity contribution in [2.75, 3.05) is 0 Å². The van der Waals surface area contributed by atoms with Crippen molar-refractivity contribution in [2.45, 2.75) is 25.9 Å². The number of rotatable bonds is 7. The molecule has 0 bridgehead atoms. The van der Waals surface area contributed by atoms with Crippen LogP contribution in [0.4, 0.5) is 5.69 Å². The van der Waals surface area contributed by atoms with E-state index in [2.05, 4.69) is 10.4 Å². The fourth-order valence-electron chi connectivity index (χ4n) is 1.66. The lowest BCUT2D eigenvalue weighted by atomic mass is 10.3. The summed E-state index contributed by atoms with van der Waals surface area (Å²) in [6.45, 7) is 1.03. The molecule has 0 unspecified atom stereocenters. The maximum absolute atomic E-state index is 11.6. The molecule has 0 spiro atoms. The summed E-state index contributed by atoms with van der Waals surface area (Å²) in [5.74, 6) is -0.0277. The molecule has 20 heavy (non-hydrogen) atoms. The molecule has 2 rings (SSSR count). The fourth-order valence-corrected chi connectivity index (χ4v) is 2.30. The summed E-state index contributed by atoms with van der Waals surface area (Å²) in [6, 6.07) is 3.91. The number of hydrogen-bond acceptors (Lipinski definition) is 5.